The van der Waals surface area contributed by atoms with Gasteiger partial charge < -0.3 is 5.11 Å². The zero-order valence-corrected chi connectivity index (χ0v) is 12.3. The average molecular weight is 349 g/mol. The highest BCUT2D eigenvalue weighted by atomic mass is 79.9. The van der Waals surface area contributed by atoms with Gasteiger partial charge in [0.05, 0.1) is 12.1 Å². The van der Waals surface area contributed by atoms with Crippen molar-refractivity contribution >= 4 is 32.8 Å². The van der Waals surface area contributed by atoms with Crippen LogP contribution in [0.1, 0.15) is 16.1 Å². The Labute approximate surface area is 127 Å². The first-order valence-electron chi connectivity index (χ1n) is 6.19. The highest BCUT2D eigenvalue weighted by Crippen LogP contribution is 2.23. The van der Waals surface area contributed by atoms with Crippen LogP contribution in [0.25, 0.3) is 10.9 Å². The maximum atomic E-state index is 13.1. The molecule has 0 aliphatic carbocycles. The highest BCUT2D eigenvalue weighted by molar-refractivity contribution is 9.10. The second kappa shape index (κ2) is 5.29. The Morgan fingerprint density at radius 1 is 1.29 bits per heavy atom. The fourth-order valence-electron chi connectivity index (χ4n) is 2.22. The van der Waals surface area contributed by atoms with E-state index in [1.54, 1.807) is 22.9 Å². The molecule has 2 aromatic carbocycles. The number of fused-ring (bicyclic) bond motifs is 1. The SMILES string of the molecule is O=C(O)c1nn(Cc2ccc(F)cc2Br)c2ccccc12. The molecule has 0 bridgehead atoms. The van der Waals surface area contributed by atoms with Crippen LogP contribution in [-0.2, 0) is 6.54 Å². The average Bonchev–Trinajstić information content (AvgIpc) is 2.81. The van der Waals surface area contributed by atoms with E-state index < -0.39 is 5.97 Å². The third kappa shape index (κ3) is 2.54. The second-order valence-electron chi connectivity index (χ2n) is 4.56. The lowest BCUT2D eigenvalue weighted by atomic mass is 10.2. The summed E-state index contributed by atoms with van der Waals surface area (Å²) >= 11 is 3.31. The predicted octanol–water partition coefficient (Wildman–Crippen LogP) is 3.68. The Balaban J connectivity index is 2.10. The quantitative estimate of drug-likeness (QED) is 0.785. The highest BCUT2D eigenvalue weighted by Gasteiger charge is 2.16. The van der Waals surface area contributed by atoms with Crippen molar-refractivity contribution in [1.29, 1.82) is 0 Å². The number of rotatable bonds is 3. The summed E-state index contributed by atoms with van der Waals surface area (Å²) in [4.78, 5) is 11.3. The van der Waals surface area contributed by atoms with E-state index in [0.717, 1.165) is 11.1 Å². The van der Waals surface area contributed by atoms with Gasteiger partial charge in [-0.15, -0.1) is 0 Å². The van der Waals surface area contributed by atoms with Gasteiger partial charge in [0.15, 0.2) is 5.69 Å². The first-order chi connectivity index (χ1) is 10.1. The summed E-state index contributed by atoms with van der Waals surface area (Å²) in [5.41, 5.74) is 1.57. The minimum Gasteiger partial charge on any atom is -0.476 e. The summed E-state index contributed by atoms with van der Waals surface area (Å²) in [6, 6.07) is 11.5. The molecular weight excluding hydrogens is 339 g/mol. The Morgan fingerprint density at radius 3 is 2.76 bits per heavy atom. The Morgan fingerprint density at radius 2 is 2.05 bits per heavy atom. The Bertz CT molecular complexity index is 845. The van der Waals surface area contributed by atoms with Crippen molar-refractivity contribution in [1.82, 2.24) is 9.78 Å². The number of carboxylic acid groups (broad SMARTS) is 1. The van der Waals surface area contributed by atoms with Crippen LogP contribution in [0.3, 0.4) is 0 Å². The molecule has 0 amide bonds. The molecule has 0 saturated carbocycles. The molecule has 1 aromatic heterocycles. The summed E-state index contributed by atoms with van der Waals surface area (Å²) in [6.45, 7) is 0.356. The van der Waals surface area contributed by atoms with Crippen molar-refractivity contribution in [3.05, 3.63) is 64.0 Å². The number of benzene rings is 2. The number of hydrogen-bond donors (Lipinski definition) is 1. The molecule has 4 nitrogen and oxygen atoms in total. The topological polar surface area (TPSA) is 55.1 Å². The van der Waals surface area contributed by atoms with E-state index in [1.807, 2.05) is 12.1 Å². The summed E-state index contributed by atoms with van der Waals surface area (Å²) < 4.78 is 15.4. The number of para-hydroxylation sites is 1. The summed E-state index contributed by atoms with van der Waals surface area (Å²) in [7, 11) is 0. The van der Waals surface area contributed by atoms with Gasteiger partial charge in [-0.2, -0.15) is 5.10 Å². The molecule has 0 radical (unpaired) electrons. The second-order valence-corrected chi connectivity index (χ2v) is 5.42. The van der Waals surface area contributed by atoms with Gasteiger partial charge in [0, 0.05) is 9.86 Å². The standard InChI is InChI=1S/C15H10BrFN2O2/c16-12-7-10(17)6-5-9(12)8-19-13-4-2-1-3-11(13)14(18-19)15(20)21/h1-7H,8H2,(H,20,21). The molecule has 0 unspecified atom stereocenters. The molecule has 106 valence electrons. The third-order valence-corrected chi connectivity index (χ3v) is 3.93. The van der Waals surface area contributed by atoms with Gasteiger partial charge in [0.1, 0.15) is 5.82 Å². The van der Waals surface area contributed by atoms with E-state index in [9.17, 15) is 14.3 Å². The fraction of sp³-hybridized carbons (Fsp3) is 0.0667. The third-order valence-electron chi connectivity index (χ3n) is 3.20. The molecule has 6 heteroatoms. The molecule has 21 heavy (non-hydrogen) atoms. The summed E-state index contributed by atoms with van der Waals surface area (Å²) in [5, 5.41) is 14.0. The van der Waals surface area contributed by atoms with Crippen LogP contribution in [0.2, 0.25) is 0 Å². The van der Waals surface area contributed by atoms with Crippen LogP contribution < -0.4 is 0 Å². The maximum Gasteiger partial charge on any atom is 0.357 e. The van der Waals surface area contributed by atoms with E-state index >= 15 is 0 Å². The van der Waals surface area contributed by atoms with Gasteiger partial charge in [-0.3, -0.25) is 4.68 Å². The van der Waals surface area contributed by atoms with Crippen molar-refractivity contribution in [3.8, 4) is 0 Å². The van der Waals surface area contributed by atoms with Crippen LogP contribution in [0, 0.1) is 5.82 Å². The smallest absolute Gasteiger partial charge is 0.357 e. The van der Waals surface area contributed by atoms with Crippen LogP contribution in [0.5, 0.6) is 0 Å². The molecule has 0 fully saturated rings. The van der Waals surface area contributed by atoms with Crippen molar-refractivity contribution in [2.75, 3.05) is 0 Å². The number of nitrogens with zero attached hydrogens (tertiary/aromatic N) is 2. The van der Waals surface area contributed by atoms with Gasteiger partial charge in [0.2, 0.25) is 0 Å². The lowest BCUT2D eigenvalue weighted by Crippen LogP contribution is -2.05. The zero-order valence-electron chi connectivity index (χ0n) is 10.8. The predicted molar refractivity (Wildman–Crippen MR) is 79.9 cm³/mol. The van der Waals surface area contributed by atoms with Crippen molar-refractivity contribution < 1.29 is 14.3 Å². The van der Waals surface area contributed by atoms with Gasteiger partial charge >= 0.3 is 5.97 Å². The first-order valence-corrected chi connectivity index (χ1v) is 6.98. The van der Waals surface area contributed by atoms with Gasteiger partial charge in [-0.05, 0) is 23.8 Å². The number of carboxylic acids is 1. The Kier molecular flexibility index (Phi) is 3.47. The molecular formula is C15H10BrFN2O2. The molecule has 0 spiro atoms. The largest absolute Gasteiger partial charge is 0.476 e. The molecule has 3 aromatic rings. The minimum absolute atomic E-state index is 0.0174. The zero-order chi connectivity index (χ0) is 15.0. The summed E-state index contributed by atoms with van der Waals surface area (Å²) in [6.07, 6.45) is 0. The van der Waals surface area contributed by atoms with Crippen molar-refractivity contribution in [2.24, 2.45) is 0 Å². The van der Waals surface area contributed by atoms with Crippen LogP contribution in [0.4, 0.5) is 4.39 Å². The van der Waals surface area contributed by atoms with Gasteiger partial charge in [-0.25, -0.2) is 9.18 Å². The number of aromatic nitrogens is 2. The van der Waals surface area contributed by atoms with E-state index in [1.165, 1.54) is 12.1 Å². The first kappa shape index (κ1) is 13.8. The number of aromatic carboxylic acids is 1. The van der Waals surface area contributed by atoms with E-state index in [4.69, 9.17) is 0 Å². The molecule has 0 atom stereocenters. The van der Waals surface area contributed by atoms with Gasteiger partial charge in [0.25, 0.3) is 0 Å². The molecule has 3 rings (SSSR count). The van der Waals surface area contributed by atoms with E-state index in [-0.39, 0.29) is 11.5 Å². The molecule has 1 heterocycles. The lowest BCUT2D eigenvalue weighted by Gasteiger charge is -2.06. The van der Waals surface area contributed by atoms with Gasteiger partial charge in [-0.1, -0.05) is 40.2 Å². The van der Waals surface area contributed by atoms with Crippen LogP contribution in [-0.4, -0.2) is 20.9 Å². The van der Waals surface area contributed by atoms with E-state index in [0.29, 0.717) is 16.4 Å². The minimum atomic E-state index is -1.07. The summed E-state index contributed by atoms with van der Waals surface area (Å²) in [5.74, 6) is -1.40. The van der Waals surface area contributed by atoms with Crippen molar-refractivity contribution in [3.63, 3.8) is 0 Å². The number of carbonyl (C=O) groups is 1. The lowest BCUT2D eigenvalue weighted by molar-refractivity contribution is 0.0691. The maximum absolute atomic E-state index is 13.1. The Hall–Kier alpha value is -2.21. The van der Waals surface area contributed by atoms with Crippen LogP contribution >= 0.6 is 15.9 Å². The van der Waals surface area contributed by atoms with Crippen LogP contribution in [0.15, 0.2) is 46.9 Å². The normalized spacial score (nSPS) is 11.0. The monoisotopic (exact) mass is 348 g/mol. The molecule has 0 aliphatic rings. The molecule has 0 saturated heterocycles. The fourth-order valence-corrected chi connectivity index (χ4v) is 2.69. The van der Waals surface area contributed by atoms with Crippen molar-refractivity contribution in [2.45, 2.75) is 6.54 Å². The number of hydrogen-bond acceptors (Lipinski definition) is 2. The molecule has 0 aliphatic heterocycles. The molecule has 1 N–H and O–H groups in total. The van der Waals surface area contributed by atoms with E-state index in [2.05, 4.69) is 21.0 Å². The number of halogens is 2.